The van der Waals surface area contributed by atoms with Crippen LogP contribution in [0.25, 0.3) is 0 Å². The number of carbonyl (C=O) groups excluding carboxylic acids is 1. The molecule has 4 rings (SSSR count). The number of halogens is 3. The lowest BCUT2D eigenvalue weighted by Gasteiger charge is -2.57. The van der Waals surface area contributed by atoms with Crippen molar-refractivity contribution < 1.29 is 18.0 Å². The van der Waals surface area contributed by atoms with Crippen LogP contribution < -0.4 is 0 Å². The van der Waals surface area contributed by atoms with E-state index in [9.17, 15) is 18.0 Å². The molecule has 4 aliphatic carbocycles. The van der Waals surface area contributed by atoms with Crippen LogP contribution in [0.3, 0.4) is 0 Å². The minimum Gasteiger partial charge on any atom is -0.303 e. The fourth-order valence-electron chi connectivity index (χ4n) is 8.32. The van der Waals surface area contributed by atoms with Gasteiger partial charge in [0.25, 0.3) is 0 Å². The summed E-state index contributed by atoms with van der Waals surface area (Å²) in [5.41, 5.74) is 0.275. The third kappa shape index (κ3) is 3.67. The van der Waals surface area contributed by atoms with E-state index in [0.29, 0.717) is 60.7 Å². The molecular weight excluding hydrogens is 361 g/mol. The molecule has 3 unspecified atom stereocenters. The van der Waals surface area contributed by atoms with Crippen molar-refractivity contribution in [1.82, 2.24) is 0 Å². The summed E-state index contributed by atoms with van der Waals surface area (Å²) in [5, 5.41) is 0. The molecule has 0 aromatic heterocycles. The first kappa shape index (κ1) is 22.2. The maximum absolute atomic E-state index is 13.2. The Labute approximate surface area is 169 Å². The van der Waals surface area contributed by atoms with Crippen molar-refractivity contribution in [2.45, 2.75) is 91.7 Å². The minimum absolute atomic E-state index is 0.275. The molecule has 1 nitrogen and oxygen atoms in total. The van der Waals surface area contributed by atoms with Gasteiger partial charge in [0.1, 0.15) is 6.29 Å². The molecule has 0 aromatic rings. The fourth-order valence-corrected chi connectivity index (χ4v) is 8.32. The number of carbonyl (C=O) groups is 1. The highest BCUT2D eigenvalue weighted by Gasteiger charge is 2.59. The van der Waals surface area contributed by atoms with Gasteiger partial charge in [-0.3, -0.25) is 0 Å². The summed E-state index contributed by atoms with van der Waals surface area (Å²) in [7, 11) is 0. The summed E-state index contributed by atoms with van der Waals surface area (Å²) in [6.45, 7) is 8.78. The van der Waals surface area contributed by atoms with E-state index in [0.717, 1.165) is 32.0 Å². The average Bonchev–Trinajstić information content (AvgIpc) is 2.92. The zero-order chi connectivity index (χ0) is 20.7. The lowest BCUT2D eigenvalue weighted by molar-refractivity contribution is -0.196. The number of fused-ring (bicyclic) bond motifs is 5. The molecule has 162 valence electrons. The van der Waals surface area contributed by atoms with Crippen LogP contribution in [0.2, 0.25) is 0 Å². The lowest BCUT2D eigenvalue weighted by atomic mass is 9.48. The van der Waals surface area contributed by atoms with Crippen molar-refractivity contribution in [1.29, 1.82) is 0 Å². The monoisotopic (exact) mass is 400 g/mol. The number of alkyl halides is 3. The Balaban J connectivity index is 0.00000109. The molecule has 0 amide bonds. The quantitative estimate of drug-likeness (QED) is 0.445. The Morgan fingerprint density at radius 2 is 1.64 bits per heavy atom. The first-order valence-electron chi connectivity index (χ1n) is 11.8. The highest BCUT2D eigenvalue weighted by molar-refractivity contribution is 5.50. The SMILES string of the molecule is CC.C[C@@H]1CC(CC=O)[C@@]2(C)CCC3[C@@H](CC[C@@H]4C[C@@H](C(F)(F)F)CC[C@H]34)C12. The number of hydrogen-bond donors (Lipinski definition) is 0. The molecular formula is C24H39F3O. The van der Waals surface area contributed by atoms with Gasteiger partial charge >= 0.3 is 6.18 Å². The first-order valence-corrected chi connectivity index (χ1v) is 11.8. The van der Waals surface area contributed by atoms with Crippen LogP contribution >= 0.6 is 0 Å². The van der Waals surface area contributed by atoms with Crippen LogP contribution in [0.15, 0.2) is 0 Å². The van der Waals surface area contributed by atoms with Crippen molar-refractivity contribution in [3.63, 3.8) is 0 Å². The van der Waals surface area contributed by atoms with Crippen molar-refractivity contribution in [2.75, 3.05) is 0 Å². The minimum atomic E-state index is -4.00. The van der Waals surface area contributed by atoms with E-state index in [-0.39, 0.29) is 5.41 Å². The van der Waals surface area contributed by atoms with Crippen LogP contribution in [0.4, 0.5) is 13.2 Å². The Hall–Kier alpha value is -0.540. The predicted octanol–water partition coefficient (Wildman–Crippen LogP) is 7.29. The van der Waals surface area contributed by atoms with E-state index >= 15 is 0 Å². The Bertz CT molecular complexity index is 544. The number of hydrogen-bond acceptors (Lipinski definition) is 1. The summed E-state index contributed by atoms with van der Waals surface area (Å²) in [5.74, 6) is 2.92. The lowest BCUT2D eigenvalue weighted by Crippen LogP contribution is -2.50. The first-order chi connectivity index (χ1) is 13.3. The molecule has 0 radical (unpaired) electrons. The van der Waals surface area contributed by atoms with Crippen molar-refractivity contribution >= 4 is 6.29 Å². The van der Waals surface area contributed by atoms with Gasteiger partial charge in [-0.1, -0.05) is 27.7 Å². The Kier molecular flexibility index (Phi) is 6.57. The van der Waals surface area contributed by atoms with E-state index in [4.69, 9.17) is 0 Å². The van der Waals surface area contributed by atoms with E-state index in [2.05, 4.69) is 13.8 Å². The highest BCUT2D eigenvalue weighted by Crippen LogP contribution is 2.66. The average molecular weight is 401 g/mol. The molecule has 0 N–H and O–H groups in total. The zero-order valence-electron chi connectivity index (χ0n) is 18.1. The molecule has 4 saturated carbocycles. The van der Waals surface area contributed by atoms with Gasteiger partial charge in [-0.15, -0.1) is 0 Å². The second-order valence-electron chi connectivity index (χ2n) is 10.3. The third-order valence-corrected chi connectivity index (χ3v) is 9.30. The summed E-state index contributed by atoms with van der Waals surface area (Å²) in [6, 6.07) is 0. The van der Waals surface area contributed by atoms with Gasteiger partial charge in [0.05, 0.1) is 5.92 Å². The maximum atomic E-state index is 13.2. The highest BCUT2D eigenvalue weighted by atomic mass is 19.4. The molecule has 9 atom stereocenters. The van der Waals surface area contributed by atoms with Gasteiger partial charge in [0.2, 0.25) is 0 Å². The Morgan fingerprint density at radius 3 is 2.29 bits per heavy atom. The predicted molar refractivity (Wildman–Crippen MR) is 107 cm³/mol. The van der Waals surface area contributed by atoms with Crippen LogP contribution in [-0.4, -0.2) is 12.5 Å². The molecule has 4 heteroatoms. The summed E-state index contributed by atoms with van der Waals surface area (Å²) < 4.78 is 39.6. The topological polar surface area (TPSA) is 17.1 Å². The van der Waals surface area contributed by atoms with E-state index in [1.165, 1.54) is 12.8 Å². The fraction of sp³-hybridized carbons (Fsp3) is 0.958. The largest absolute Gasteiger partial charge is 0.391 e. The van der Waals surface area contributed by atoms with Crippen molar-refractivity contribution in [3.05, 3.63) is 0 Å². The van der Waals surface area contributed by atoms with Crippen LogP contribution in [0.1, 0.15) is 85.5 Å². The summed E-state index contributed by atoms with van der Waals surface area (Å²) >= 11 is 0. The van der Waals surface area contributed by atoms with Crippen LogP contribution in [0.5, 0.6) is 0 Å². The van der Waals surface area contributed by atoms with Crippen LogP contribution in [0, 0.1) is 52.8 Å². The van der Waals surface area contributed by atoms with Gasteiger partial charge in [0, 0.05) is 6.42 Å². The second kappa shape index (κ2) is 8.30. The molecule has 0 saturated heterocycles. The van der Waals surface area contributed by atoms with Crippen LogP contribution in [-0.2, 0) is 4.79 Å². The van der Waals surface area contributed by atoms with Gasteiger partial charge in [-0.2, -0.15) is 13.2 Å². The van der Waals surface area contributed by atoms with Gasteiger partial charge < -0.3 is 4.79 Å². The Morgan fingerprint density at radius 1 is 0.964 bits per heavy atom. The standard InChI is InChI=1S/C22H33F3O.C2H6/c1-13-11-15(8-10-26)21(2)9-7-18-17-6-4-16(22(23,24)25)12-14(17)3-5-19(18)20(13)21;1-2/h10,13-20H,3-9,11-12H2,1-2H3;1-2H3/t13-,14-,15?,16+,17+,18?,19-,20?,21-;/m1./s1. The number of aldehydes is 1. The van der Waals surface area contributed by atoms with Gasteiger partial charge in [-0.05, 0) is 98.2 Å². The second-order valence-corrected chi connectivity index (χ2v) is 10.3. The van der Waals surface area contributed by atoms with E-state index < -0.39 is 12.1 Å². The third-order valence-electron chi connectivity index (χ3n) is 9.30. The van der Waals surface area contributed by atoms with Gasteiger partial charge in [-0.25, -0.2) is 0 Å². The van der Waals surface area contributed by atoms with Gasteiger partial charge in [0.15, 0.2) is 0 Å². The summed E-state index contributed by atoms with van der Waals surface area (Å²) in [6.07, 6.45) is 4.92. The molecule has 0 aromatic carbocycles. The van der Waals surface area contributed by atoms with Crippen molar-refractivity contribution in [3.8, 4) is 0 Å². The smallest absolute Gasteiger partial charge is 0.303 e. The summed E-state index contributed by atoms with van der Waals surface area (Å²) in [4.78, 5) is 11.2. The molecule has 4 aliphatic rings. The van der Waals surface area contributed by atoms with E-state index in [1.54, 1.807) is 0 Å². The maximum Gasteiger partial charge on any atom is 0.391 e. The number of rotatable bonds is 2. The normalized spacial score (nSPS) is 47.8. The molecule has 0 bridgehead atoms. The molecule has 0 aliphatic heterocycles. The molecule has 0 spiro atoms. The molecule has 0 heterocycles. The molecule has 28 heavy (non-hydrogen) atoms. The zero-order valence-corrected chi connectivity index (χ0v) is 18.1. The van der Waals surface area contributed by atoms with Crippen molar-refractivity contribution in [2.24, 2.45) is 52.8 Å². The van der Waals surface area contributed by atoms with E-state index in [1.807, 2.05) is 13.8 Å². The molecule has 4 fully saturated rings.